The van der Waals surface area contributed by atoms with Gasteiger partial charge in [-0.05, 0) is 72.4 Å². The van der Waals surface area contributed by atoms with E-state index in [2.05, 4.69) is 23.8 Å². The fourth-order valence-corrected chi connectivity index (χ4v) is 2.23. The van der Waals surface area contributed by atoms with Gasteiger partial charge in [0.05, 0.1) is 0 Å². The van der Waals surface area contributed by atoms with Crippen molar-refractivity contribution < 1.29 is 0 Å². The lowest BCUT2D eigenvalue weighted by Crippen LogP contribution is -2.33. The van der Waals surface area contributed by atoms with Crippen molar-refractivity contribution in [2.24, 2.45) is 5.73 Å². The number of nitrogens with two attached hydrogens (primary N) is 1. The smallest absolute Gasteiger partial charge is 0.00758 e. The molecule has 0 bridgehead atoms. The summed E-state index contributed by atoms with van der Waals surface area (Å²) in [7, 11) is 2.21. The molecule has 0 saturated carbocycles. The first-order chi connectivity index (χ1) is 7.24. The highest BCUT2D eigenvalue weighted by molar-refractivity contribution is 4.68. The quantitative estimate of drug-likeness (QED) is 0.688. The monoisotopic (exact) mass is 213 g/mol. The lowest BCUT2D eigenvalue weighted by atomic mass is 10.2. The molecule has 90 valence electrons. The molecule has 0 spiro atoms. The molecule has 1 unspecified atom stereocenters. The van der Waals surface area contributed by atoms with E-state index in [1.165, 1.54) is 45.4 Å². The molecule has 1 heterocycles. The third kappa shape index (κ3) is 4.96. The van der Waals surface area contributed by atoms with E-state index in [9.17, 15) is 0 Å². The van der Waals surface area contributed by atoms with Crippen molar-refractivity contribution in [2.75, 3.05) is 39.8 Å². The SMILES string of the molecule is CC(CCN)N(C)CCCN1CCCC1. The van der Waals surface area contributed by atoms with Gasteiger partial charge in [-0.2, -0.15) is 0 Å². The summed E-state index contributed by atoms with van der Waals surface area (Å²) in [5.74, 6) is 0. The molecule has 15 heavy (non-hydrogen) atoms. The lowest BCUT2D eigenvalue weighted by molar-refractivity contribution is 0.227. The van der Waals surface area contributed by atoms with E-state index in [1.54, 1.807) is 0 Å². The van der Waals surface area contributed by atoms with Crippen LogP contribution in [0.15, 0.2) is 0 Å². The normalized spacial score (nSPS) is 20.0. The molecule has 3 nitrogen and oxygen atoms in total. The molecule has 1 atom stereocenters. The van der Waals surface area contributed by atoms with Crippen molar-refractivity contribution in [2.45, 2.75) is 38.6 Å². The second kappa shape index (κ2) is 7.20. The average molecular weight is 213 g/mol. The van der Waals surface area contributed by atoms with Gasteiger partial charge in [0.2, 0.25) is 0 Å². The Kier molecular flexibility index (Phi) is 6.22. The molecule has 1 fully saturated rings. The summed E-state index contributed by atoms with van der Waals surface area (Å²) in [6.45, 7) is 8.20. The summed E-state index contributed by atoms with van der Waals surface area (Å²) in [4.78, 5) is 5.02. The maximum atomic E-state index is 5.56. The van der Waals surface area contributed by atoms with Crippen molar-refractivity contribution in [3.05, 3.63) is 0 Å². The van der Waals surface area contributed by atoms with Gasteiger partial charge in [-0.15, -0.1) is 0 Å². The Balaban J connectivity index is 2.02. The molecular formula is C12H27N3. The van der Waals surface area contributed by atoms with Crippen LogP contribution in [0.3, 0.4) is 0 Å². The third-order valence-electron chi connectivity index (χ3n) is 3.52. The number of rotatable bonds is 7. The van der Waals surface area contributed by atoms with E-state index in [1.807, 2.05) is 0 Å². The van der Waals surface area contributed by atoms with Crippen LogP contribution in [-0.2, 0) is 0 Å². The number of nitrogens with zero attached hydrogens (tertiary/aromatic N) is 2. The highest BCUT2D eigenvalue weighted by Crippen LogP contribution is 2.08. The van der Waals surface area contributed by atoms with Crippen LogP contribution in [0.2, 0.25) is 0 Å². The first-order valence-corrected chi connectivity index (χ1v) is 6.36. The maximum Gasteiger partial charge on any atom is 0.00758 e. The van der Waals surface area contributed by atoms with E-state index in [4.69, 9.17) is 5.73 Å². The van der Waals surface area contributed by atoms with Crippen LogP contribution in [0.5, 0.6) is 0 Å². The molecule has 1 aliphatic rings. The Morgan fingerprint density at radius 3 is 2.60 bits per heavy atom. The summed E-state index contributed by atoms with van der Waals surface area (Å²) in [5.41, 5.74) is 5.56. The zero-order valence-electron chi connectivity index (χ0n) is 10.4. The van der Waals surface area contributed by atoms with Crippen LogP contribution >= 0.6 is 0 Å². The van der Waals surface area contributed by atoms with E-state index in [0.29, 0.717) is 6.04 Å². The molecule has 0 aromatic rings. The van der Waals surface area contributed by atoms with Crippen LogP contribution in [0.4, 0.5) is 0 Å². The molecular weight excluding hydrogens is 186 g/mol. The zero-order valence-corrected chi connectivity index (χ0v) is 10.4. The number of hydrogen-bond donors (Lipinski definition) is 1. The Hall–Kier alpha value is -0.120. The third-order valence-corrected chi connectivity index (χ3v) is 3.52. The van der Waals surface area contributed by atoms with Gasteiger partial charge in [-0.1, -0.05) is 0 Å². The van der Waals surface area contributed by atoms with Gasteiger partial charge in [-0.3, -0.25) is 0 Å². The summed E-state index contributed by atoms with van der Waals surface area (Å²) in [6.07, 6.45) is 5.21. The summed E-state index contributed by atoms with van der Waals surface area (Å²) < 4.78 is 0. The molecule has 1 aliphatic heterocycles. The topological polar surface area (TPSA) is 32.5 Å². The van der Waals surface area contributed by atoms with Crippen molar-refractivity contribution >= 4 is 0 Å². The van der Waals surface area contributed by atoms with E-state index >= 15 is 0 Å². The van der Waals surface area contributed by atoms with Crippen LogP contribution < -0.4 is 5.73 Å². The molecule has 0 radical (unpaired) electrons. The van der Waals surface area contributed by atoms with Gasteiger partial charge >= 0.3 is 0 Å². The van der Waals surface area contributed by atoms with E-state index in [-0.39, 0.29) is 0 Å². The van der Waals surface area contributed by atoms with Gasteiger partial charge in [0.25, 0.3) is 0 Å². The van der Waals surface area contributed by atoms with E-state index < -0.39 is 0 Å². The predicted octanol–water partition coefficient (Wildman–Crippen LogP) is 1.14. The molecule has 0 amide bonds. The Morgan fingerprint density at radius 2 is 2.00 bits per heavy atom. The van der Waals surface area contributed by atoms with Crippen molar-refractivity contribution in [3.8, 4) is 0 Å². The highest BCUT2D eigenvalue weighted by atomic mass is 15.2. The fourth-order valence-electron chi connectivity index (χ4n) is 2.23. The summed E-state index contributed by atoms with van der Waals surface area (Å²) in [5, 5.41) is 0. The fraction of sp³-hybridized carbons (Fsp3) is 1.00. The largest absolute Gasteiger partial charge is 0.330 e. The molecule has 1 saturated heterocycles. The molecule has 0 aromatic heterocycles. The van der Waals surface area contributed by atoms with Crippen molar-refractivity contribution in [3.63, 3.8) is 0 Å². The van der Waals surface area contributed by atoms with Crippen molar-refractivity contribution in [1.82, 2.24) is 9.80 Å². The highest BCUT2D eigenvalue weighted by Gasteiger charge is 2.12. The van der Waals surface area contributed by atoms with Crippen LogP contribution in [-0.4, -0.2) is 55.6 Å². The standard InChI is InChI=1S/C12H27N3/c1-12(6-7-13)14(2)8-5-11-15-9-3-4-10-15/h12H,3-11,13H2,1-2H3. The minimum absolute atomic E-state index is 0.633. The molecule has 0 aromatic carbocycles. The first kappa shape index (κ1) is 12.9. The lowest BCUT2D eigenvalue weighted by Gasteiger charge is -2.25. The van der Waals surface area contributed by atoms with Gasteiger partial charge in [0.15, 0.2) is 0 Å². The Bertz CT molecular complexity index is 155. The average Bonchev–Trinajstić information content (AvgIpc) is 2.71. The molecule has 0 aliphatic carbocycles. The number of hydrogen-bond acceptors (Lipinski definition) is 3. The second-order valence-electron chi connectivity index (χ2n) is 4.81. The predicted molar refractivity (Wildman–Crippen MR) is 66.1 cm³/mol. The van der Waals surface area contributed by atoms with Gasteiger partial charge < -0.3 is 15.5 Å². The minimum atomic E-state index is 0.633. The molecule has 3 heteroatoms. The van der Waals surface area contributed by atoms with Crippen LogP contribution in [0.25, 0.3) is 0 Å². The Labute approximate surface area is 94.6 Å². The van der Waals surface area contributed by atoms with E-state index in [0.717, 1.165) is 13.0 Å². The Morgan fingerprint density at radius 1 is 1.33 bits per heavy atom. The second-order valence-corrected chi connectivity index (χ2v) is 4.81. The van der Waals surface area contributed by atoms with Crippen LogP contribution in [0, 0.1) is 0 Å². The summed E-state index contributed by atoms with van der Waals surface area (Å²) >= 11 is 0. The van der Waals surface area contributed by atoms with Gasteiger partial charge in [0.1, 0.15) is 0 Å². The zero-order chi connectivity index (χ0) is 11.1. The molecule has 1 rings (SSSR count). The van der Waals surface area contributed by atoms with Crippen molar-refractivity contribution in [1.29, 1.82) is 0 Å². The number of likely N-dealkylation sites (tertiary alicyclic amines) is 1. The maximum absolute atomic E-state index is 5.56. The van der Waals surface area contributed by atoms with Gasteiger partial charge in [0, 0.05) is 6.04 Å². The van der Waals surface area contributed by atoms with Crippen LogP contribution in [0.1, 0.15) is 32.6 Å². The molecule has 2 N–H and O–H groups in total. The first-order valence-electron chi connectivity index (χ1n) is 6.36. The summed E-state index contributed by atoms with van der Waals surface area (Å²) in [6, 6.07) is 0.633. The van der Waals surface area contributed by atoms with Gasteiger partial charge in [-0.25, -0.2) is 0 Å². The minimum Gasteiger partial charge on any atom is -0.330 e.